The van der Waals surface area contributed by atoms with Gasteiger partial charge in [0.15, 0.2) is 0 Å². The van der Waals surface area contributed by atoms with Crippen LogP contribution in [0.15, 0.2) is 22.7 Å². The predicted molar refractivity (Wildman–Crippen MR) is 77.1 cm³/mol. The van der Waals surface area contributed by atoms with Crippen LogP contribution in [0.4, 0.5) is 0 Å². The third-order valence-corrected chi connectivity index (χ3v) is 4.66. The van der Waals surface area contributed by atoms with Gasteiger partial charge in [-0.2, -0.15) is 0 Å². The van der Waals surface area contributed by atoms with E-state index in [1.54, 1.807) is 0 Å². The zero-order chi connectivity index (χ0) is 13.0. The Balaban J connectivity index is 2.09. The third kappa shape index (κ3) is 3.32. The first-order valence-electron chi connectivity index (χ1n) is 6.51. The van der Waals surface area contributed by atoms with Crippen molar-refractivity contribution in [2.45, 2.75) is 32.2 Å². The second kappa shape index (κ2) is 6.66. The molecule has 3 N–H and O–H groups in total. The van der Waals surface area contributed by atoms with Gasteiger partial charge in [-0.15, -0.1) is 0 Å². The molecule has 2 rings (SSSR count). The van der Waals surface area contributed by atoms with Gasteiger partial charge >= 0.3 is 0 Å². The smallest absolute Gasteiger partial charge is 0.0468 e. The summed E-state index contributed by atoms with van der Waals surface area (Å²) in [4.78, 5) is 0. The first kappa shape index (κ1) is 14.0. The molecule has 1 aromatic carbocycles. The summed E-state index contributed by atoms with van der Waals surface area (Å²) in [6.07, 6.45) is 3.37. The van der Waals surface area contributed by atoms with Crippen molar-refractivity contribution in [2.75, 3.05) is 13.2 Å². The van der Waals surface area contributed by atoms with Crippen molar-refractivity contribution < 1.29 is 4.74 Å². The summed E-state index contributed by atoms with van der Waals surface area (Å²) in [5.74, 6) is 6.45. The summed E-state index contributed by atoms with van der Waals surface area (Å²) in [6, 6.07) is 6.52. The van der Waals surface area contributed by atoms with Crippen LogP contribution in [0.5, 0.6) is 0 Å². The zero-order valence-corrected chi connectivity index (χ0v) is 12.4. The van der Waals surface area contributed by atoms with Crippen LogP contribution >= 0.6 is 15.9 Å². The van der Waals surface area contributed by atoms with Crippen molar-refractivity contribution in [1.82, 2.24) is 5.43 Å². The Labute approximate surface area is 117 Å². The number of hydrazine groups is 1. The molecule has 100 valence electrons. The third-order valence-electron chi connectivity index (χ3n) is 3.80. The molecular weight excluding hydrogens is 292 g/mol. The number of benzene rings is 1. The Morgan fingerprint density at radius 1 is 1.44 bits per heavy atom. The fourth-order valence-electron chi connectivity index (χ4n) is 2.60. The fourth-order valence-corrected chi connectivity index (χ4v) is 2.98. The van der Waals surface area contributed by atoms with Gasteiger partial charge in [0.05, 0.1) is 0 Å². The number of ether oxygens (including phenoxy) is 1. The van der Waals surface area contributed by atoms with E-state index in [2.05, 4.69) is 46.5 Å². The van der Waals surface area contributed by atoms with Gasteiger partial charge in [-0.1, -0.05) is 28.1 Å². The Hall–Kier alpha value is -0.420. The minimum Gasteiger partial charge on any atom is -0.381 e. The lowest BCUT2D eigenvalue weighted by Gasteiger charge is -2.27. The van der Waals surface area contributed by atoms with Crippen molar-refractivity contribution in [1.29, 1.82) is 0 Å². The van der Waals surface area contributed by atoms with Crippen LogP contribution < -0.4 is 11.3 Å². The average molecular weight is 313 g/mol. The van der Waals surface area contributed by atoms with Crippen LogP contribution in [0.1, 0.15) is 36.4 Å². The predicted octanol–water partition coefficient (Wildman–Crippen LogP) is 3.08. The molecule has 1 fully saturated rings. The molecule has 3 nitrogen and oxygen atoms in total. The lowest BCUT2D eigenvalue weighted by atomic mass is 9.88. The van der Waals surface area contributed by atoms with E-state index in [0.29, 0.717) is 5.92 Å². The Morgan fingerprint density at radius 3 is 2.83 bits per heavy atom. The van der Waals surface area contributed by atoms with E-state index in [9.17, 15) is 0 Å². The first-order chi connectivity index (χ1) is 8.72. The molecule has 1 aliphatic heterocycles. The summed E-state index contributed by atoms with van der Waals surface area (Å²) >= 11 is 3.58. The van der Waals surface area contributed by atoms with Gasteiger partial charge in [-0.25, -0.2) is 0 Å². The van der Waals surface area contributed by atoms with Crippen molar-refractivity contribution in [3.8, 4) is 0 Å². The maximum Gasteiger partial charge on any atom is 0.0468 e. The largest absolute Gasteiger partial charge is 0.381 e. The molecule has 0 aromatic heterocycles. The van der Waals surface area contributed by atoms with E-state index >= 15 is 0 Å². The van der Waals surface area contributed by atoms with Crippen LogP contribution in [0.2, 0.25) is 0 Å². The van der Waals surface area contributed by atoms with Crippen LogP contribution in [-0.2, 0) is 4.74 Å². The van der Waals surface area contributed by atoms with Crippen LogP contribution in [-0.4, -0.2) is 13.2 Å². The molecule has 1 aliphatic rings. The molecule has 1 unspecified atom stereocenters. The summed E-state index contributed by atoms with van der Waals surface area (Å²) in [6.45, 7) is 3.91. The van der Waals surface area contributed by atoms with Gasteiger partial charge in [0.25, 0.3) is 0 Å². The van der Waals surface area contributed by atoms with Crippen molar-refractivity contribution in [3.05, 3.63) is 33.8 Å². The lowest BCUT2D eigenvalue weighted by Crippen LogP contribution is -2.31. The normalized spacial score (nSPS) is 18.8. The average Bonchev–Trinajstić information content (AvgIpc) is 2.41. The van der Waals surface area contributed by atoms with E-state index in [1.807, 2.05) is 0 Å². The molecule has 0 saturated carbocycles. The number of nitrogens with one attached hydrogen (secondary N) is 1. The topological polar surface area (TPSA) is 47.3 Å². The fraction of sp³-hybridized carbons (Fsp3) is 0.571. The Kier molecular flexibility index (Phi) is 5.18. The molecule has 0 aliphatic carbocycles. The number of halogens is 1. The molecule has 0 spiro atoms. The molecule has 0 bridgehead atoms. The van der Waals surface area contributed by atoms with Gasteiger partial charge in [0.2, 0.25) is 0 Å². The highest BCUT2D eigenvalue weighted by atomic mass is 79.9. The number of rotatable bonds is 4. The molecular formula is C14H21BrN2O. The second-order valence-electron chi connectivity index (χ2n) is 4.96. The molecule has 1 aromatic rings. The maximum absolute atomic E-state index is 5.74. The number of hydrogen-bond donors (Lipinski definition) is 2. The minimum atomic E-state index is 0.227. The first-order valence-corrected chi connectivity index (χ1v) is 7.30. The molecule has 1 heterocycles. The van der Waals surface area contributed by atoms with E-state index in [-0.39, 0.29) is 6.04 Å². The standard InChI is InChI=1S/C14H21BrN2O/c1-10-12(3-2-4-13(10)15)14(17-16)9-11-5-7-18-8-6-11/h2-4,11,14,17H,5-9,16H2,1H3. The zero-order valence-electron chi connectivity index (χ0n) is 10.8. The van der Waals surface area contributed by atoms with Crippen LogP contribution in [0.25, 0.3) is 0 Å². The number of nitrogens with two attached hydrogens (primary N) is 1. The summed E-state index contributed by atoms with van der Waals surface area (Å²) < 4.78 is 6.55. The van der Waals surface area contributed by atoms with Gasteiger partial charge in [-0.3, -0.25) is 11.3 Å². The molecule has 0 amide bonds. The van der Waals surface area contributed by atoms with Gasteiger partial charge in [-0.05, 0) is 49.3 Å². The summed E-state index contributed by atoms with van der Waals surface area (Å²) in [5.41, 5.74) is 5.53. The minimum absolute atomic E-state index is 0.227. The van der Waals surface area contributed by atoms with Crippen LogP contribution in [0, 0.1) is 12.8 Å². The van der Waals surface area contributed by atoms with Gasteiger partial charge in [0, 0.05) is 23.7 Å². The quantitative estimate of drug-likeness (QED) is 0.663. The number of hydrogen-bond acceptors (Lipinski definition) is 3. The molecule has 4 heteroatoms. The highest BCUT2D eigenvalue weighted by Gasteiger charge is 2.21. The molecule has 18 heavy (non-hydrogen) atoms. The van der Waals surface area contributed by atoms with E-state index < -0.39 is 0 Å². The van der Waals surface area contributed by atoms with Gasteiger partial charge < -0.3 is 4.74 Å². The van der Waals surface area contributed by atoms with Crippen LogP contribution in [0.3, 0.4) is 0 Å². The lowest BCUT2D eigenvalue weighted by molar-refractivity contribution is 0.0605. The molecule has 0 radical (unpaired) electrons. The summed E-state index contributed by atoms with van der Waals surface area (Å²) in [5, 5.41) is 0. The Morgan fingerprint density at radius 2 is 2.17 bits per heavy atom. The summed E-state index contributed by atoms with van der Waals surface area (Å²) in [7, 11) is 0. The van der Waals surface area contributed by atoms with Crippen molar-refractivity contribution >= 4 is 15.9 Å². The highest BCUT2D eigenvalue weighted by molar-refractivity contribution is 9.10. The van der Waals surface area contributed by atoms with Gasteiger partial charge in [0.1, 0.15) is 0 Å². The second-order valence-corrected chi connectivity index (χ2v) is 5.82. The molecule has 1 atom stereocenters. The van der Waals surface area contributed by atoms with E-state index in [0.717, 1.165) is 36.9 Å². The van der Waals surface area contributed by atoms with E-state index in [1.165, 1.54) is 11.1 Å². The Bertz CT molecular complexity index is 391. The van der Waals surface area contributed by atoms with Crippen molar-refractivity contribution in [2.24, 2.45) is 11.8 Å². The monoisotopic (exact) mass is 312 g/mol. The van der Waals surface area contributed by atoms with E-state index in [4.69, 9.17) is 10.6 Å². The molecule has 1 saturated heterocycles. The maximum atomic E-state index is 5.74. The van der Waals surface area contributed by atoms with Crippen molar-refractivity contribution in [3.63, 3.8) is 0 Å². The highest BCUT2D eigenvalue weighted by Crippen LogP contribution is 2.31. The SMILES string of the molecule is Cc1c(Br)cccc1C(CC1CCOCC1)NN.